The van der Waals surface area contributed by atoms with Crippen LogP contribution in [0.2, 0.25) is 0 Å². The highest BCUT2D eigenvalue weighted by Gasteiger charge is 2.39. The largest absolute Gasteiger partial charge is 0.392 e. The van der Waals surface area contributed by atoms with Crippen LogP contribution in [0.4, 0.5) is 4.79 Å². The first-order valence-electron chi connectivity index (χ1n) is 17.5. The number of aliphatic hydroxyl groups is 1. The number of amides is 2. The average Bonchev–Trinajstić information content (AvgIpc) is 3.16. The van der Waals surface area contributed by atoms with Crippen LogP contribution in [0.1, 0.15) is 59.6 Å². The monoisotopic (exact) mass is 669 g/mol. The molecule has 1 fully saturated rings. The fourth-order valence-electron chi connectivity index (χ4n) is 6.63. The Bertz CT molecular complexity index is 1740. The highest BCUT2D eigenvalue weighted by Crippen LogP contribution is 2.42. The van der Waals surface area contributed by atoms with E-state index in [4.69, 9.17) is 9.47 Å². The van der Waals surface area contributed by atoms with Gasteiger partial charge >= 0.3 is 6.03 Å². The van der Waals surface area contributed by atoms with Gasteiger partial charge in [-0.25, -0.2) is 4.79 Å². The molecule has 2 amide bonds. The Balaban J connectivity index is 1.27. The summed E-state index contributed by atoms with van der Waals surface area (Å²) in [5.41, 5.74) is 8.54. The number of nitrogens with zero attached hydrogens (tertiary/aromatic N) is 1. The molecule has 0 aromatic heterocycles. The number of rotatable bonds is 13. The number of urea groups is 1. The van der Waals surface area contributed by atoms with Crippen LogP contribution in [0.5, 0.6) is 0 Å². The Kier molecular flexibility index (Phi) is 12.1. The first kappa shape index (κ1) is 35.1. The molecule has 1 aliphatic heterocycles. The Labute approximate surface area is 295 Å². The molecule has 50 heavy (non-hydrogen) atoms. The van der Waals surface area contributed by atoms with Crippen molar-refractivity contribution < 1.29 is 19.4 Å². The topological polar surface area (TPSA) is 83.1 Å². The molecule has 0 bridgehead atoms. The summed E-state index contributed by atoms with van der Waals surface area (Å²) in [7, 11) is 0. The molecule has 5 aromatic rings. The van der Waals surface area contributed by atoms with E-state index < -0.39 is 6.29 Å². The number of hydrogen-bond acceptors (Lipinski definition) is 5. The van der Waals surface area contributed by atoms with Gasteiger partial charge in [0.1, 0.15) is 0 Å². The summed E-state index contributed by atoms with van der Waals surface area (Å²) in [5, 5.41) is 15.4. The summed E-state index contributed by atoms with van der Waals surface area (Å²) in [4.78, 5) is 14.5. The smallest absolute Gasteiger partial charge is 0.315 e. The van der Waals surface area contributed by atoms with Crippen molar-refractivity contribution in [1.82, 2.24) is 15.5 Å². The van der Waals surface area contributed by atoms with Gasteiger partial charge in [0.05, 0.1) is 18.8 Å². The first-order valence-corrected chi connectivity index (χ1v) is 17.5. The molecule has 258 valence electrons. The second kappa shape index (κ2) is 17.2. The van der Waals surface area contributed by atoms with E-state index in [2.05, 4.69) is 126 Å². The van der Waals surface area contributed by atoms with Crippen molar-refractivity contribution in [3.8, 4) is 11.1 Å². The van der Waals surface area contributed by atoms with Crippen LogP contribution >= 0.6 is 0 Å². The van der Waals surface area contributed by atoms with Gasteiger partial charge in [-0.3, -0.25) is 4.90 Å². The van der Waals surface area contributed by atoms with E-state index in [0.29, 0.717) is 13.1 Å². The van der Waals surface area contributed by atoms with Crippen LogP contribution in [0.25, 0.3) is 11.1 Å². The second-order valence-electron chi connectivity index (χ2n) is 13.0. The summed E-state index contributed by atoms with van der Waals surface area (Å²) in [5.74, 6) is 0.0591. The lowest BCUT2D eigenvalue weighted by atomic mass is 9.89. The lowest BCUT2D eigenvalue weighted by Crippen LogP contribution is -2.44. The highest BCUT2D eigenvalue weighted by molar-refractivity contribution is 5.74. The minimum absolute atomic E-state index is 0.00112. The molecule has 4 unspecified atom stereocenters. The molecule has 1 saturated heterocycles. The quantitative estimate of drug-likeness (QED) is 0.118. The average molecular weight is 670 g/mol. The third-order valence-corrected chi connectivity index (χ3v) is 9.35. The van der Waals surface area contributed by atoms with Crippen molar-refractivity contribution in [2.45, 2.75) is 58.6 Å². The molecule has 7 heteroatoms. The molecular weight excluding hydrogens is 622 g/mol. The maximum Gasteiger partial charge on any atom is 0.315 e. The minimum atomic E-state index is -0.572. The summed E-state index contributed by atoms with van der Waals surface area (Å²) in [6.45, 7) is 7.44. The number of ether oxygens (including phenoxy) is 2. The Morgan fingerprint density at radius 2 is 1.30 bits per heavy atom. The Hall–Kier alpha value is -4.79. The molecular formula is C43H47N3O4. The fraction of sp³-hybridized carbons (Fsp3) is 0.279. The van der Waals surface area contributed by atoms with Gasteiger partial charge in [0.2, 0.25) is 0 Å². The first-order chi connectivity index (χ1) is 24.5. The van der Waals surface area contributed by atoms with Crippen molar-refractivity contribution in [3.63, 3.8) is 0 Å². The number of carbonyl (C=O) groups excluding carboxylic acids is 1. The fourth-order valence-corrected chi connectivity index (χ4v) is 6.63. The van der Waals surface area contributed by atoms with Crippen molar-refractivity contribution in [3.05, 3.63) is 167 Å². The predicted molar refractivity (Wildman–Crippen MR) is 198 cm³/mol. The van der Waals surface area contributed by atoms with Crippen LogP contribution in [0.15, 0.2) is 133 Å². The zero-order valence-corrected chi connectivity index (χ0v) is 28.9. The number of carbonyl (C=O) groups is 1. The third kappa shape index (κ3) is 9.05. The summed E-state index contributed by atoms with van der Waals surface area (Å²) in [6, 6.07) is 45.5. The second-order valence-corrected chi connectivity index (χ2v) is 13.0. The van der Waals surface area contributed by atoms with Crippen molar-refractivity contribution >= 4 is 6.03 Å². The van der Waals surface area contributed by atoms with Crippen LogP contribution in [-0.2, 0) is 35.7 Å². The molecule has 6 rings (SSSR count). The highest BCUT2D eigenvalue weighted by atomic mass is 16.7. The molecule has 4 atom stereocenters. The van der Waals surface area contributed by atoms with E-state index in [1.165, 1.54) is 11.1 Å². The van der Waals surface area contributed by atoms with E-state index in [1.807, 2.05) is 37.3 Å². The summed E-state index contributed by atoms with van der Waals surface area (Å²) < 4.78 is 13.7. The SMILES string of the molecule is CCNC(=O)NCc1ccccc1-c1ccc(C2OC(CN(Cc3ccccc3)Cc3ccccc3)C(C)C(c3ccc(CO)cc3)O2)cc1. The third-order valence-electron chi connectivity index (χ3n) is 9.35. The molecule has 1 aliphatic rings. The molecule has 3 N–H and O–H groups in total. The molecule has 5 aromatic carbocycles. The number of benzene rings is 5. The van der Waals surface area contributed by atoms with Gasteiger partial charge < -0.3 is 25.2 Å². The van der Waals surface area contributed by atoms with Gasteiger partial charge in [0.15, 0.2) is 6.29 Å². The van der Waals surface area contributed by atoms with Crippen molar-refractivity contribution in [2.75, 3.05) is 13.1 Å². The molecule has 1 heterocycles. The number of nitrogens with one attached hydrogen (secondary N) is 2. The van der Waals surface area contributed by atoms with E-state index in [1.54, 1.807) is 0 Å². The number of hydrogen-bond donors (Lipinski definition) is 3. The maximum absolute atomic E-state index is 12.1. The minimum Gasteiger partial charge on any atom is -0.392 e. The van der Waals surface area contributed by atoms with E-state index in [-0.39, 0.29) is 30.8 Å². The normalized spacial score (nSPS) is 18.9. The molecule has 0 aliphatic carbocycles. The van der Waals surface area contributed by atoms with E-state index in [9.17, 15) is 9.90 Å². The van der Waals surface area contributed by atoms with Gasteiger partial charge in [0.25, 0.3) is 0 Å². The van der Waals surface area contributed by atoms with Gasteiger partial charge in [-0.05, 0) is 45.9 Å². The van der Waals surface area contributed by atoms with Crippen molar-refractivity contribution in [1.29, 1.82) is 0 Å². The Morgan fingerprint density at radius 3 is 1.92 bits per heavy atom. The van der Waals surface area contributed by atoms with Gasteiger partial charge in [-0.2, -0.15) is 0 Å². The zero-order chi connectivity index (χ0) is 34.7. The lowest BCUT2D eigenvalue weighted by Gasteiger charge is -2.43. The van der Waals surface area contributed by atoms with Crippen LogP contribution in [0, 0.1) is 5.92 Å². The van der Waals surface area contributed by atoms with Crippen molar-refractivity contribution in [2.24, 2.45) is 5.92 Å². The van der Waals surface area contributed by atoms with Crippen LogP contribution in [0.3, 0.4) is 0 Å². The molecule has 0 spiro atoms. The van der Waals surface area contributed by atoms with E-state index in [0.717, 1.165) is 53.0 Å². The maximum atomic E-state index is 12.1. The van der Waals surface area contributed by atoms with Gasteiger partial charge in [-0.15, -0.1) is 0 Å². The molecule has 0 saturated carbocycles. The van der Waals surface area contributed by atoms with E-state index >= 15 is 0 Å². The van der Waals surface area contributed by atoms with Gasteiger partial charge in [-0.1, -0.05) is 140 Å². The summed E-state index contributed by atoms with van der Waals surface area (Å²) in [6.07, 6.45) is -0.898. The van der Waals surface area contributed by atoms with Crippen LogP contribution < -0.4 is 10.6 Å². The van der Waals surface area contributed by atoms with Gasteiger partial charge in [0, 0.05) is 44.2 Å². The molecule has 7 nitrogen and oxygen atoms in total. The lowest BCUT2D eigenvalue weighted by molar-refractivity contribution is -0.276. The molecule has 0 radical (unpaired) electrons. The zero-order valence-electron chi connectivity index (χ0n) is 28.9. The Morgan fingerprint density at radius 1 is 0.700 bits per heavy atom. The number of aliphatic hydroxyl groups excluding tert-OH is 1. The predicted octanol–water partition coefficient (Wildman–Crippen LogP) is 8.16. The van der Waals surface area contributed by atoms with Crippen LogP contribution in [-0.4, -0.2) is 35.2 Å². The summed E-state index contributed by atoms with van der Waals surface area (Å²) >= 11 is 0. The standard InChI is InChI=1S/C43H47N3O4/c1-3-44-43(48)45-26-38-16-10-11-17-39(38)35-22-24-37(25-23-35)42-49-40(31(2)41(50-42)36-20-18-34(30-47)19-21-36)29-46(27-32-12-6-4-7-13-32)28-33-14-8-5-9-15-33/h4-25,31,40-42,47H,3,26-30H2,1-2H3,(H2,44,45,48).